The Labute approximate surface area is 128 Å². The van der Waals surface area contributed by atoms with Crippen LogP contribution in [-0.4, -0.2) is 11.1 Å². The zero-order valence-corrected chi connectivity index (χ0v) is 12.2. The van der Waals surface area contributed by atoms with Gasteiger partial charge >= 0.3 is 5.97 Å². The van der Waals surface area contributed by atoms with Crippen LogP contribution in [0.3, 0.4) is 0 Å². The molecule has 0 radical (unpaired) electrons. The molecule has 4 rings (SSSR count). The SMILES string of the molecule is Cc1oc2ccc(C3CC3c3ccccc3)cc2c1C(=O)O. The van der Waals surface area contributed by atoms with Gasteiger partial charge in [-0.2, -0.15) is 0 Å². The standard InChI is InChI=1S/C19H16O3/c1-11-18(19(20)21)16-9-13(7-8-17(16)22-11)15-10-14(15)12-5-3-2-4-6-12/h2-9,14-15H,10H2,1H3,(H,20,21). The molecule has 0 saturated heterocycles. The van der Waals surface area contributed by atoms with E-state index in [1.807, 2.05) is 18.2 Å². The Morgan fingerprint density at radius 3 is 2.55 bits per heavy atom. The minimum atomic E-state index is -0.927. The van der Waals surface area contributed by atoms with E-state index in [0.717, 1.165) is 6.42 Å². The number of aromatic carboxylic acids is 1. The normalized spacial score (nSPS) is 20.2. The molecule has 1 heterocycles. The smallest absolute Gasteiger partial charge is 0.339 e. The average Bonchev–Trinajstić information content (AvgIpc) is 3.23. The molecule has 2 unspecified atom stereocenters. The third-order valence-electron chi connectivity index (χ3n) is 4.55. The maximum atomic E-state index is 11.4. The van der Waals surface area contributed by atoms with Crippen LogP contribution in [0, 0.1) is 6.92 Å². The number of carboxylic acids is 1. The van der Waals surface area contributed by atoms with E-state index in [0.29, 0.717) is 28.6 Å². The van der Waals surface area contributed by atoms with E-state index in [1.54, 1.807) is 6.92 Å². The molecule has 3 heteroatoms. The fourth-order valence-corrected chi connectivity index (χ4v) is 3.37. The summed E-state index contributed by atoms with van der Waals surface area (Å²) in [4.78, 5) is 11.4. The molecule has 1 saturated carbocycles. The zero-order valence-electron chi connectivity index (χ0n) is 12.2. The Hall–Kier alpha value is -2.55. The summed E-state index contributed by atoms with van der Waals surface area (Å²) >= 11 is 0. The third-order valence-corrected chi connectivity index (χ3v) is 4.55. The number of hydrogen-bond acceptors (Lipinski definition) is 2. The number of furan rings is 1. The number of carbonyl (C=O) groups is 1. The van der Waals surface area contributed by atoms with Gasteiger partial charge in [-0.15, -0.1) is 0 Å². The Morgan fingerprint density at radius 2 is 1.82 bits per heavy atom. The van der Waals surface area contributed by atoms with E-state index < -0.39 is 5.97 Å². The second-order valence-corrected chi connectivity index (χ2v) is 5.95. The fraction of sp³-hybridized carbons (Fsp3) is 0.211. The lowest BCUT2D eigenvalue weighted by Gasteiger charge is -2.02. The zero-order chi connectivity index (χ0) is 15.3. The molecule has 1 aliphatic rings. The van der Waals surface area contributed by atoms with Crippen LogP contribution in [0.5, 0.6) is 0 Å². The largest absolute Gasteiger partial charge is 0.478 e. The van der Waals surface area contributed by atoms with Crippen molar-refractivity contribution in [3.8, 4) is 0 Å². The fourth-order valence-electron chi connectivity index (χ4n) is 3.37. The van der Waals surface area contributed by atoms with Crippen molar-refractivity contribution in [2.75, 3.05) is 0 Å². The average molecular weight is 292 g/mol. The first-order valence-corrected chi connectivity index (χ1v) is 7.46. The summed E-state index contributed by atoms with van der Waals surface area (Å²) in [7, 11) is 0. The highest BCUT2D eigenvalue weighted by Gasteiger charge is 2.39. The lowest BCUT2D eigenvalue weighted by atomic mass is 10.0. The highest BCUT2D eigenvalue weighted by atomic mass is 16.4. The van der Waals surface area contributed by atoms with Gasteiger partial charge in [0.25, 0.3) is 0 Å². The van der Waals surface area contributed by atoms with Crippen molar-refractivity contribution in [3.05, 3.63) is 71.0 Å². The number of aryl methyl sites for hydroxylation is 1. The van der Waals surface area contributed by atoms with Gasteiger partial charge < -0.3 is 9.52 Å². The van der Waals surface area contributed by atoms with Gasteiger partial charge in [-0.1, -0.05) is 36.4 Å². The van der Waals surface area contributed by atoms with Crippen molar-refractivity contribution < 1.29 is 14.3 Å². The highest BCUT2D eigenvalue weighted by molar-refractivity contribution is 6.03. The molecule has 0 amide bonds. The van der Waals surface area contributed by atoms with Crippen molar-refractivity contribution in [1.82, 2.24) is 0 Å². The van der Waals surface area contributed by atoms with Gasteiger partial charge in [0.15, 0.2) is 0 Å². The second-order valence-electron chi connectivity index (χ2n) is 5.95. The molecule has 2 atom stereocenters. The molecule has 2 aromatic carbocycles. The van der Waals surface area contributed by atoms with Crippen LogP contribution in [0.4, 0.5) is 0 Å². The van der Waals surface area contributed by atoms with Crippen LogP contribution >= 0.6 is 0 Å². The number of fused-ring (bicyclic) bond motifs is 1. The Morgan fingerprint density at radius 1 is 1.09 bits per heavy atom. The number of rotatable bonds is 3. The quantitative estimate of drug-likeness (QED) is 0.760. The van der Waals surface area contributed by atoms with Crippen LogP contribution in [0.2, 0.25) is 0 Å². The maximum Gasteiger partial charge on any atom is 0.339 e. The van der Waals surface area contributed by atoms with Gasteiger partial charge in [0.1, 0.15) is 16.9 Å². The monoisotopic (exact) mass is 292 g/mol. The van der Waals surface area contributed by atoms with E-state index in [1.165, 1.54) is 11.1 Å². The van der Waals surface area contributed by atoms with E-state index >= 15 is 0 Å². The highest BCUT2D eigenvalue weighted by Crippen LogP contribution is 2.55. The van der Waals surface area contributed by atoms with Crippen LogP contribution in [0.1, 0.15) is 45.5 Å². The van der Waals surface area contributed by atoms with Gasteiger partial charge in [0.05, 0.1) is 0 Å². The van der Waals surface area contributed by atoms with E-state index in [-0.39, 0.29) is 5.56 Å². The van der Waals surface area contributed by atoms with Crippen molar-refractivity contribution in [2.24, 2.45) is 0 Å². The number of hydrogen-bond donors (Lipinski definition) is 1. The van der Waals surface area contributed by atoms with E-state index in [4.69, 9.17) is 4.42 Å². The Balaban J connectivity index is 1.72. The number of benzene rings is 2. The summed E-state index contributed by atoms with van der Waals surface area (Å²) in [5.74, 6) is 0.558. The first-order valence-electron chi connectivity index (χ1n) is 7.46. The minimum Gasteiger partial charge on any atom is -0.478 e. The van der Waals surface area contributed by atoms with Crippen LogP contribution in [-0.2, 0) is 0 Å². The van der Waals surface area contributed by atoms with Crippen molar-refractivity contribution in [3.63, 3.8) is 0 Å². The summed E-state index contributed by atoms with van der Waals surface area (Å²) in [5.41, 5.74) is 3.49. The first kappa shape index (κ1) is 13.1. The Kier molecular flexibility index (Phi) is 2.83. The molecule has 1 N–H and O–H groups in total. The van der Waals surface area contributed by atoms with Crippen LogP contribution in [0.15, 0.2) is 52.9 Å². The summed E-state index contributed by atoms with van der Waals surface area (Å²) in [6.07, 6.45) is 1.12. The molecule has 3 aromatic rings. The van der Waals surface area contributed by atoms with Gasteiger partial charge in [0.2, 0.25) is 0 Å². The second kappa shape index (κ2) is 4.73. The summed E-state index contributed by atoms with van der Waals surface area (Å²) in [6.45, 7) is 1.70. The molecule has 0 aliphatic heterocycles. The van der Waals surface area contributed by atoms with Crippen LogP contribution in [0.25, 0.3) is 11.0 Å². The lowest BCUT2D eigenvalue weighted by Crippen LogP contribution is -1.96. The molecule has 1 fully saturated rings. The molecule has 3 nitrogen and oxygen atoms in total. The predicted molar refractivity (Wildman–Crippen MR) is 84.5 cm³/mol. The van der Waals surface area contributed by atoms with Crippen molar-refractivity contribution in [1.29, 1.82) is 0 Å². The van der Waals surface area contributed by atoms with Crippen molar-refractivity contribution >= 4 is 16.9 Å². The van der Waals surface area contributed by atoms with Gasteiger partial charge in [-0.3, -0.25) is 0 Å². The maximum absolute atomic E-state index is 11.4. The molecule has 1 aromatic heterocycles. The first-order chi connectivity index (χ1) is 10.6. The molecule has 110 valence electrons. The molecule has 0 bridgehead atoms. The summed E-state index contributed by atoms with van der Waals surface area (Å²) in [5, 5.41) is 10.1. The predicted octanol–water partition coefficient (Wildman–Crippen LogP) is 4.71. The van der Waals surface area contributed by atoms with Gasteiger partial charge in [-0.25, -0.2) is 4.79 Å². The molecular weight excluding hydrogens is 276 g/mol. The Bertz CT molecular complexity index is 861. The van der Waals surface area contributed by atoms with Gasteiger partial charge in [0, 0.05) is 5.39 Å². The van der Waals surface area contributed by atoms with E-state index in [9.17, 15) is 9.90 Å². The molecule has 1 aliphatic carbocycles. The lowest BCUT2D eigenvalue weighted by molar-refractivity contribution is 0.0697. The third kappa shape index (κ3) is 2.01. The van der Waals surface area contributed by atoms with Crippen molar-refractivity contribution in [2.45, 2.75) is 25.2 Å². The minimum absolute atomic E-state index is 0.286. The van der Waals surface area contributed by atoms with Crippen LogP contribution < -0.4 is 0 Å². The summed E-state index contributed by atoms with van der Waals surface area (Å²) < 4.78 is 5.55. The molecular formula is C19H16O3. The number of carboxylic acid groups (broad SMARTS) is 1. The van der Waals surface area contributed by atoms with Gasteiger partial charge in [-0.05, 0) is 48.4 Å². The summed E-state index contributed by atoms with van der Waals surface area (Å²) in [6, 6.07) is 16.4. The topological polar surface area (TPSA) is 50.4 Å². The molecule has 22 heavy (non-hydrogen) atoms. The van der Waals surface area contributed by atoms with E-state index in [2.05, 4.69) is 30.3 Å². The molecule has 0 spiro atoms.